The number of hydrogen-bond donors (Lipinski definition) is 2. The Morgan fingerprint density at radius 3 is 0.880 bits per heavy atom. The molecule has 0 aromatic heterocycles. The molecular weight excluding hydrogens is 941 g/mol. The lowest BCUT2D eigenvalue weighted by molar-refractivity contribution is -0.337. The van der Waals surface area contributed by atoms with E-state index in [-0.39, 0.29) is 81.3 Å². The molecule has 0 aliphatic carbocycles. The summed E-state index contributed by atoms with van der Waals surface area (Å²) in [7, 11) is 0. The molecule has 2 aromatic rings. The predicted molar refractivity (Wildman–Crippen MR) is 305 cm³/mol. The van der Waals surface area contributed by atoms with Gasteiger partial charge in [-0.15, -0.1) is 0 Å². The zero-order valence-electron chi connectivity index (χ0n) is 52.0. The highest BCUT2D eigenvalue weighted by Gasteiger charge is 2.49. The normalized spacial score (nSPS) is 20.1. The summed E-state index contributed by atoms with van der Waals surface area (Å²) in [5.41, 5.74) is 3.01. The lowest BCUT2D eigenvalue weighted by atomic mass is 9.67. The van der Waals surface area contributed by atoms with Crippen LogP contribution < -0.4 is 0 Å². The lowest BCUT2D eigenvalue weighted by Gasteiger charge is -2.48. The van der Waals surface area contributed by atoms with Crippen molar-refractivity contribution in [2.75, 3.05) is 39.6 Å². The number of aromatic hydroxyl groups is 2. The molecule has 2 N–H and O–H groups in total. The van der Waals surface area contributed by atoms with Gasteiger partial charge in [0.1, 0.15) is 24.7 Å². The molecule has 0 atom stereocenters. The van der Waals surface area contributed by atoms with Crippen LogP contribution in [0.1, 0.15) is 238 Å². The molecule has 0 unspecified atom stereocenters. The fourth-order valence-electron chi connectivity index (χ4n) is 13.0. The number of benzene rings is 2. The molecule has 2 aliphatic heterocycles. The molecule has 0 radical (unpaired) electrons. The van der Waals surface area contributed by atoms with E-state index in [1.54, 1.807) is 0 Å². The molecule has 2 aliphatic rings. The van der Waals surface area contributed by atoms with Crippen molar-refractivity contribution in [1.29, 1.82) is 0 Å². The number of carbonyl (C=O) groups is 2. The number of rotatable bonds is 20. The van der Waals surface area contributed by atoms with E-state index < -0.39 is 28.8 Å². The lowest BCUT2D eigenvalue weighted by Crippen LogP contribution is -2.57. The van der Waals surface area contributed by atoms with Gasteiger partial charge in [0, 0.05) is 45.9 Å². The SMILES string of the molecule is CC(C)(C)CC(C)(C)c1cc(CCC(=O)OCC(C)(C)C2OCC3(CO2)COC(C(C)(C)COC(=O)CCc2cc(C(C)(C)CC(C)(C)C)c(O)c(C(C)(C)CC(C)(C)C)c2)OC3)cc(C(C)(C)CC(C)(C)C)c1O. The van der Waals surface area contributed by atoms with Crippen LogP contribution in [0.3, 0.4) is 0 Å². The Labute approximate surface area is 456 Å². The van der Waals surface area contributed by atoms with E-state index in [1.165, 1.54) is 0 Å². The van der Waals surface area contributed by atoms with Crippen molar-refractivity contribution in [2.45, 2.75) is 252 Å². The van der Waals surface area contributed by atoms with Crippen LogP contribution in [0.5, 0.6) is 11.5 Å². The summed E-state index contributed by atoms with van der Waals surface area (Å²) >= 11 is 0. The highest BCUT2D eigenvalue weighted by molar-refractivity contribution is 5.70. The maximum absolute atomic E-state index is 13.4. The molecule has 0 saturated carbocycles. The molecule has 0 amide bonds. The third-order valence-corrected chi connectivity index (χ3v) is 15.0. The third-order valence-electron chi connectivity index (χ3n) is 15.0. The standard InChI is InChI=1S/C65H108O10/c1-55(2,3)33-59(13,14)45-29-43(30-46(51(45)68)60(15,16)34-56(4,5)6)25-27-49(66)70-37-63(21,22)53-72-39-65(40-73-53)41-74-54(75-42-65)64(23,24)38-71-50(67)28-26-44-31-47(61(17,18)35-57(7,8)9)52(69)48(32-44)62(19,20)36-58(10,11)12/h29-32,53-54,68-69H,25-28,33-42H2,1-24H3. The zero-order valence-corrected chi connectivity index (χ0v) is 52.0. The molecule has 428 valence electrons. The fourth-order valence-corrected chi connectivity index (χ4v) is 13.0. The Morgan fingerprint density at radius 2 is 0.667 bits per heavy atom. The minimum absolute atomic E-state index is 0.0537. The second-order valence-electron chi connectivity index (χ2n) is 32.3. The van der Waals surface area contributed by atoms with Crippen LogP contribution in [-0.2, 0) is 72.5 Å². The molecule has 10 nitrogen and oxygen atoms in total. The van der Waals surface area contributed by atoms with Gasteiger partial charge < -0.3 is 38.6 Å². The molecule has 75 heavy (non-hydrogen) atoms. The average molecular weight is 1050 g/mol. The molecule has 2 aromatic carbocycles. The van der Waals surface area contributed by atoms with E-state index in [1.807, 2.05) is 27.7 Å². The molecule has 2 saturated heterocycles. The number of aryl methyl sites for hydroxylation is 2. The van der Waals surface area contributed by atoms with Crippen LogP contribution in [0.2, 0.25) is 0 Å². The van der Waals surface area contributed by atoms with Crippen molar-refractivity contribution < 1.29 is 48.2 Å². The minimum Gasteiger partial charge on any atom is -0.507 e. The van der Waals surface area contributed by atoms with Gasteiger partial charge in [-0.3, -0.25) is 9.59 Å². The van der Waals surface area contributed by atoms with E-state index in [9.17, 15) is 19.8 Å². The second-order valence-corrected chi connectivity index (χ2v) is 32.3. The number of carbonyl (C=O) groups excluding carboxylic acids is 2. The van der Waals surface area contributed by atoms with Crippen LogP contribution in [-0.4, -0.2) is 74.4 Å². The number of phenolic OH excluding ortho intramolecular Hbond substituents is 2. The van der Waals surface area contributed by atoms with Crippen molar-refractivity contribution in [1.82, 2.24) is 0 Å². The van der Waals surface area contributed by atoms with Crippen LogP contribution in [0, 0.1) is 37.9 Å². The van der Waals surface area contributed by atoms with Gasteiger partial charge in [0.05, 0.1) is 31.8 Å². The van der Waals surface area contributed by atoms with E-state index in [0.717, 1.165) is 59.1 Å². The zero-order chi connectivity index (χ0) is 57.4. The maximum Gasteiger partial charge on any atom is 0.306 e. The molecule has 2 fully saturated rings. The summed E-state index contributed by atoms with van der Waals surface area (Å²) in [4.78, 5) is 26.8. The average Bonchev–Trinajstić information content (AvgIpc) is 3.21. The van der Waals surface area contributed by atoms with Gasteiger partial charge in [-0.05, 0) is 93.0 Å². The van der Waals surface area contributed by atoms with Crippen molar-refractivity contribution in [3.8, 4) is 11.5 Å². The molecule has 0 bridgehead atoms. The number of hydrogen-bond acceptors (Lipinski definition) is 10. The largest absolute Gasteiger partial charge is 0.507 e. The summed E-state index contributed by atoms with van der Waals surface area (Å²) in [5.74, 6) is 0.135. The summed E-state index contributed by atoms with van der Waals surface area (Å²) in [6.07, 6.45) is 3.73. The Hall–Kier alpha value is -3.18. The topological polar surface area (TPSA) is 130 Å². The van der Waals surface area contributed by atoms with Gasteiger partial charge >= 0.3 is 11.9 Å². The fraction of sp³-hybridized carbons (Fsp3) is 0.785. The van der Waals surface area contributed by atoms with E-state index in [2.05, 4.69) is 163 Å². The predicted octanol–water partition coefficient (Wildman–Crippen LogP) is 15.4. The first-order valence-electron chi connectivity index (χ1n) is 28.2. The Kier molecular flexibility index (Phi) is 19.6. The van der Waals surface area contributed by atoms with Crippen LogP contribution in [0.25, 0.3) is 0 Å². The summed E-state index contributed by atoms with van der Waals surface area (Å²) in [6, 6.07) is 8.39. The monoisotopic (exact) mass is 1050 g/mol. The summed E-state index contributed by atoms with van der Waals surface area (Å²) < 4.78 is 37.2. The van der Waals surface area contributed by atoms with E-state index >= 15 is 0 Å². The summed E-state index contributed by atoms with van der Waals surface area (Å²) in [5, 5.41) is 23.8. The van der Waals surface area contributed by atoms with Crippen molar-refractivity contribution in [2.24, 2.45) is 37.9 Å². The number of ether oxygens (including phenoxy) is 6. The minimum atomic E-state index is -0.632. The molecule has 2 heterocycles. The first kappa shape index (κ1) is 64.3. The van der Waals surface area contributed by atoms with Crippen LogP contribution in [0.15, 0.2) is 24.3 Å². The van der Waals surface area contributed by atoms with Gasteiger partial charge in [-0.2, -0.15) is 0 Å². The Balaban J connectivity index is 1.31. The highest BCUT2D eigenvalue weighted by atomic mass is 16.7. The van der Waals surface area contributed by atoms with Gasteiger partial charge in [0.25, 0.3) is 0 Å². The smallest absolute Gasteiger partial charge is 0.306 e. The first-order valence-corrected chi connectivity index (χ1v) is 28.2. The van der Waals surface area contributed by atoms with Gasteiger partial charge in [-0.25, -0.2) is 0 Å². The van der Waals surface area contributed by atoms with E-state index in [0.29, 0.717) is 50.8 Å². The molecule has 4 rings (SSSR count). The first-order chi connectivity index (χ1) is 33.7. The Morgan fingerprint density at radius 1 is 0.440 bits per heavy atom. The van der Waals surface area contributed by atoms with Crippen LogP contribution in [0.4, 0.5) is 0 Å². The molecule has 10 heteroatoms. The van der Waals surface area contributed by atoms with Gasteiger partial charge in [0.2, 0.25) is 0 Å². The van der Waals surface area contributed by atoms with Gasteiger partial charge in [0.15, 0.2) is 12.6 Å². The van der Waals surface area contributed by atoms with Crippen molar-refractivity contribution in [3.63, 3.8) is 0 Å². The highest BCUT2D eigenvalue weighted by Crippen LogP contribution is 2.49. The maximum atomic E-state index is 13.4. The number of phenols is 2. The molecule has 1 spiro atoms. The quantitative estimate of drug-likeness (QED) is 0.124. The van der Waals surface area contributed by atoms with Crippen molar-refractivity contribution >= 4 is 11.9 Å². The van der Waals surface area contributed by atoms with E-state index in [4.69, 9.17) is 28.4 Å². The summed E-state index contributed by atoms with van der Waals surface area (Å²) in [6.45, 7) is 53.9. The number of esters is 2. The Bertz CT molecular complexity index is 1990. The van der Waals surface area contributed by atoms with Gasteiger partial charge in [-0.1, -0.05) is 190 Å². The van der Waals surface area contributed by atoms with Crippen molar-refractivity contribution in [3.05, 3.63) is 57.6 Å². The second kappa shape index (κ2) is 22.9. The molecular formula is C65H108O10. The third kappa shape index (κ3) is 18.5. The van der Waals surface area contributed by atoms with Crippen LogP contribution >= 0.6 is 0 Å².